The molecule has 3 aromatic carbocycles. The highest BCUT2D eigenvalue weighted by molar-refractivity contribution is 6.09. The molecule has 1 heterocycles. The van der Waals surface area contributed by atoms with Crippen molar-refractivity contribution < 1.29 is 19.1 Å². The standard InChI is InChI=1S/C27H26N4O4/c1-16(2)10-25(32)28-20-7-5-6-18(11-20)27(33)29-26-23-9-8-17(14-24(23)30-31-26)19-12-21(34-3)15-22(13-19)35-4/h5-15H,1-4H3,(H,28,32)(H2,29,30,31,33). The molecule has 3 N–H and O–H groups in total. The Labute approximate surface area is 203 Å². The third-order valence-electron chi connectivity index (χ3n) is 5.29. The van der Waals surface area contributed by atoms with Gasteiger partial charge in [0.1, 0.15) is 11.5 Å². The summed E-state index contributed by atoms with van der Waals surface area (Å²) in [5.41, 5.74) is 4.45. The van der Waals surface area contributed by atoms with Gasteiger partial charge in [-0.3, -0.25) is 14.7 Å². The van der Waals surface area contributed by atoms with Gasteiger partial charge in [-0.2, -0.15) is 5.10 Å². The van der Waals surface area contributed by atoms with Crippen LogP contribution in [0.5, 0.6) is 11.5 Å². The zero-order valence-electron chi connectivity index (χ0n) is 19.9. The average Bonchev–Trinajstić information content (AvgIpc) is 3.25. The molecule has 35 heavy (non-hydrogen) atoms. The normalized spacial score (nSPS) is 10.5. The Balaban J connectivity index is 1.55. The van der Waals surface area contributed by atoms with Gasteiger partial charge in [0.15, 0.2) is 5.82 Å². The van der Waals surface area contributed by atoms with Crippen molar-refractivity contribution >= 4 is 34.2 Å². The van der Waals surface area contributed by atoms with Gasteiger partial charge in [0.2, 0.25) is 5.91 Å². The summed E-state index contributed by atoms with van der Waals surface area (Å²) < 4.78 is 10.7. The molecule has 178 valence electrons. The van der Waals surface area contributed by atoms with E-state index in [9.17, 15) is 9.59 Å². The first-order valence-corrected chi connectivity index (χ1v) is 10.9. The predicted molar refractivity (Wildman–Crippen MR) is 137 cm³/mol. The Bertz CT molecular complexity index is 1410. The molecular weight excluding hydrogens is 444 g/mol. The van der Waals surface area contributed by atoms with E-state index < -0.39 is 0 Å². The van der Waals surface area contributed by atoms with Gasteiger partial charge in [-0.1, -0.05) is 17.7 Å². The first-order valence-electron chi connectivity index (χ1n) is 10.9. The van der Waals surface area contributed by atoms with Gasteiger partial charge in [0, 0.05) is 28.8 Å². The number of hydrogen-bond acceptors (Lipinski definition) is 5. The highest BCUT2D eigenvalue weighted by Crippen LogP contribution is 2.32. The number of anilines is 2. The number of methoxy groups -OCH3 is 2. The molecule has 0 aliphatic carbocycles. The summed E-state index contributed by atoms with van der Waals surface area (Å²) in [6.07, 6.45) is 1.50. The van der Waals surface area contributed by atoms with Crippen molar-refractivity contribution in [2.75, 3.05) is 24.9 Å². The fourth-order valence-electron chi connectivity index (χ4n) is 3.63. The number of benzene rings is 3. The SMILES string of the molecule is COc1cc(OC)cc(-c2ccc3c(NC(=O)c4cccc(NC(=O)C=C(C)C)c4)n[nH]c3c2)c1. The van der Waals surface area contributed by atoms with Crippen LogP contribution >= 0.6 is 0 Å². The summed E-state index contributed by atoms with van der Waals surface area (Å²) in [6.45, 7) is 3.68. The van der Waals surface area contributed by atoms with Crippen LogP contribution in [-0.4, -0.2) is 36.2 Å². The molecule has 4 rings (SSSR count). The lowest BCUT2D eigenvalue weighted by Gasteiger charge is -2.09. The van der Waals surface area contributed by atoms with Gasteiger partial charge in [-0.15, -0.1) is 0 Å². The molecular formula is C27H26N4O4. The fraction of sp³-hybridized carbons (Fsp3) is 0.148. The van der Waals surface area contributed by atoms with Crippen LogP contribution in [0.15, 0.2) is 72.3 Å². The Morgan fingerprint density at radius 2 is 1.63 bits per heavy atom. The van der Waals surface area contributed by atoms with Crippen molar-refractivity contribution in [3.63, 3.8) is 0 Å². The third kappa shape index (κ3) is 5.50. The first kappa shape index (κ1) is 23.6. The summed E-state index contributed by atoms with van der Waals surface area (Å²) in [6, 6.07) is 18.2. The minimum atomic E-state index is -0.335. The van der Waals surface area contributed by atoms with Crippen molar-refractivity contribution in [1.29, 1.82) is 0 Å². The second-order valence-electron chi connectivity index (χ2n) is 8.18. The summed E-state index contributed by atoms with van der Waals surface area (Å²) in [4.78, 5) is 24.9. The minimum absolute atomic E-state index is 0.245. The lowest BCUT2D eigenvalue weighted by Crippen LogP contribution is -2.14. The van der Waals surface area contributed by atoms with Crippen molar-refractivity contribution in [2.24, 2.45) is 0 Å². The Kier molecular flexibility index (Phi) is 6.82. The van der Waals surface area contributed by atoms with Gasteiger partial charge in [-0.05, 0) is 67.4 Å². The van der Waals surface area contributed by atoms with Crippen LogP contribution in [0.1, 0.15) is 24.2 Å². The highest BCUT2D eigenvalue weighted by Gasteiger charge is 2.13. The third-order valence-corrected chi connectivity index (χ3v) is 5.29. The molecule has 0 unspecified atom stereocenters. The zero-order valence-corrected chi connectivity index (χ0v) is 19.9. The monoisotopic (exact) mass is 470 g/mol. The number of aromatic amines is 1. The van der Waals surface area contributed by atoms with E-state index >= 15 is 0 Å². The van der Waals surface area contributed by atoms with Crippen molar-refractivity contribution in [1.82, 2.24) is 10.2 Å². The van der Waals surface area contributed by atoms with Gasteiger partial charge >= 0.3 is 0 Å². The fourth-order valence-corrected chi connectivity index (χ4v) is 3.63. The second kappa shape index (κ2) is 10.1. The number of H-pyrrole nitrogens is 1. The summed E-state index contributed by atoms with van der Waals surface area (Å²) in [7, 11) is 3.22. The van der Waals surface area contributed by atoms with Crippen LogP contribution in [0.2, 0.25) is 0 Å². The Hall–Kier alpha value is -4.59. The van der Waals surface area contributed by atoms with E-state index in [0.29, 0.717) is 28.6 Å². The molecule has 4 aromatic rings. The van der Waals surface area contributed by atoms with E-state index in [0.717, 1.165) is 27.6 Å². The number of carbonyl (C=O) groups excluding carboxylic acids is 2. The number of aromatic nitrogens is 2. The van der Waals surface area contributed by atoms with Gasteiger partial charge in [0.25, 0.3) is 5.91 Å². The van der Waals surface area contributed by atoms with Gasteiger partial charge in [0.05, 0.1) is 19.7 Å². The number of hydrogen-bond donors (Lipinski definition) is 3. The van der Waals surface area contributed by atoms with Gasteiger partial charge in [-0.25, -0.2) is 0 Å². The number of fused-ring (bicyclic) bond motifs is 1. The number of nitrogens with one attached hydrogen (secondary N) is 3. The second-order valence-corrected chi connectivity index (χ2v) is 8.18. The van der Waals surface area contributed by atoms with E-state index in [-0.39, 0.29) is 11.8 Å². The summed E-state index contributed by atoms with van der Waals surface area (Å²) >= 11 is 0. The number of carbonyl (C=O) groups is 2. The van der Waals surface area contributed by atoms with Crippen LogP contribution in [0, 0.1) is 0 Å². The van der Waals surface area contributed by atoms with E-state index in [4.69, 9.17) is 9.47 Å². The van der Waals surface area contributed by atoms with E-state index in [1.165, 1.54) is 6.08 Å². The van der Waals surface area contributed by atoms with Crippen molar-refractivity contribution in [3.05, 3.63) is 77.9 Å². The first-order chi connectivity index (χ1) is 16.9. The number of ether oxygens (including phenoxy) is 2. The molecule has 0 saturated carbocycles. The predicted octanol–water partition coefficient (Wildman–Crippen LogP) is 5.40. The molecule has 0 atom stereocenters. The maximum absolute atomic E-state index is 12.9. The quantitative estimate of drug-likeness (QED) is 0.314. The summed E-state index contributed by atoms with van der Waals surface area (Å²) in [5.74, 6) is 1.22. The average molecular weight is 471 g/mol. The van der Waals surface area contributed by atoms with Crippen LogP contribution < -0.4 is 20.1 Å². The van der Waals surface area contributed by atoms with Crippen LogP contribution in [0.25, 0.3) is 22.0 Å². The molecule has 2 amide bonds. The summed E-state index contributed by atoms with van der Waals surface area (Å²) in [5, 5.41) is 13.6. The molecule has 0 saturated heterocycles. The molecule has 8 nitrogen and oxygen atoms in total. The molecule has 1 aromatic heterocycles. The molecule has 0 aliphatic rings. The molecule has 0 bridgehead atoms. The van der Waals surface area contributed by atoms with Crippen molar-refractivity contribution in [2.45, 2.75) is 13.8 Å². The van der Waals surface area contributed by atoms with Crippen LogP contribution in [0.4, 0.5) is 11.5 Å². The van der Waals surface area contributed by atoms with Crippen LogP contribution in [-0.2, 0) is 4.79 Å². The largest absolute Gasteiger partial charge is 0.497 e. The molecule has 0 fully saturated rings. The molecule has 0 spiro atoms. The Morgan fingerprint density at radius 1 is 0.886 bits per heavy atom. The number of allylic oxidation sites excluding steroid dienone is 1. The molecule has 0 aliphatic heterocycles. The van der Waals surface area contributed by atoms with E-state index in [1.54, 1.807) is 38.5 Å². The minimum Gasteiger partial charge on any atom is -0.497 e. The van der Waals surface area contributed by atoms with Crippen molar-refractivity contribution in [3.8, 4) is 22.6 Å². The maximum atomic E-state index is 12.9. The lowest BCUT2D eigenvalue weighted by molar-refractivity contribution is -0.111. The van der Waals surface area contributed by atoms with Crippen LogP contribution in [0.3, 0.4) is 0 Å². The number of amides is 2. The topological polar surface area (TPSA) is 105 Å². The molecule has 0 radical (unpaired) electrons. The lowest BCUT2D eigenvalue weighted by atomic mass is 10.0. The zero-order chi connectivity index (χ0) is 24.9. The maximum Gasteiger partial charge on any atom is 0.256 e. The molecule has 8 heteroatoms. The Morgan fingerprint density at radius 3 is 2.31 bits per heavy atom. The van der Waals surface area contributed by atoms with Gasteiger partial charge < -0.3 is 20.1 Å². The van der Waals surface area contributed by atoms with E-state index in [1.807, 2.05) is 50.2 Å². The number of nitrogens with zero attached hydrogens (tertiary/aromatic N) is 1. The smallest absolute Gasteiger partial charge is 0.256 e. The van der Waals surface area contributed by atoms with E-state index in [2.05, 4.69) is 20.8 Å². The number of rotatable bonds is 7. The highest BCUT2D eigenvalue weighted by atomic mass is 16.5.